The number of rotatable bonds is 4. The summed E-state index contributed by atoms with van der Waals surface area (Å²) in [6.45, 7) is 6.73. The monoisotopic (exact) mass is 262 g/mol. The summed E-state index contributed by atoms with van der Waals surface area (Å²) in [4.78, 5) is 2.53. The number of hydrogen-bond donors (Lipinski definition) is 1. The zero-order valence-corrected chi connectivity index (χ0v) is 12.3. The van der Waals surface area contributed by atoms with E-state index in [0.29, 0.717) is 6.04 Å². The van der Waals surface area contributed by atoms with E-state index in [1.807, 2.05) is 18.2 Å². The van der Waals surface area contributed by atoms with Gasteiger partial charge in [-0.3, -0.25) is 4.90 Å². The Labute approximate surface area is 116 Å². The minimum absolute atomic E-state index is 0.0582. The summed E-state index contributed by atoms with van der Waals surface area (Å²) in [5, 5.41) is 0. The minimum atomic E-state index is 0.0582. The molecule has 2 rings (SSSR count). The number of nitrogens with two attached hydrogens (primary N) is 1. The molecule has 1 aromatic carbocycles. The predicted molar refractivity (Wildman–Crippen MR) is 79.4 cm³/mol. The Morgan fingerprint density at radius 2 is 2.16 bits per heavy atom. The van der Waals surface area contributed by atoms with Gasteiger partial charge in [0.1, 0.15) is 5.75 Å². The molecule has 1 aliphatic rings. The van der Waals surface area contributed by atoms with Gasteiger partial charge in [-0.25, -0.2) is 0 Å². The smallest absolute Gasteiger partial charge is 0.119 e. The summed E-state index contributed by atoms with van der Waals surface area (Å²) >= 11 is 0. The van der Waals surface area contributed by atoms with Gasteiger partial charge in [-0.15, -0.1) is 0 Å². The molecule has 0 radical (unpaired) electrons. The van der Waals surface area contributed by atoms with Gasteiger partial charge in [0.05, 0.1) is 7.11 Å². The molecular formula is C16H26N2O. The Balaban J connectivity index is 2.01. The van der Waals surface area contributed by atoms with Crippen molar-refractivity contribution in [3.63, 3.8) is 0 Å². The molecule has 19 heavy (non-hydrogen) atoms. The van der Waals surface area contributed by atoms with Crippen molar-refractivity contribution < 1.29 is 4.74 Å². The fraction of sp³-hybridized carbons (Fsp3) is 0.625. The summed E-state index contributed by atoms with van der Waals surface area (Å²) in [6.07, 6.45) is 2.62. The summed E-state index contributed by atoms with van der Waals surface area (Å²) in [7, 11) is 1.69. The molecular weight excluding hydrogens is 236 g/mol. The van der Waals surface area contributed by atoms with Crippen LogP contribution in [0.15, 0.2) is 24.3 Å². The fourth-order valence-corrected chi connectivity index (χ4v) is 2.86. The van der Waals surface area contributed by atoms with Crippen LogP contribution in [0.2, 0.25) is 0 Å². The number of nitrogens with zero attached hydrogens (tertiary/aromatic N) is 1. The molecule has 1 saturated heterocycles. The highest BCUT2D eigenvalue weighted by Crippen LogP contribution is 2.24. The quantitative estimate of drug-likeness (QED) is 0.907. The van der Waals surface area contributed by atoms with Crippen LogP contribution < -0.4 is 10.5 Å². The van der Waals surface area contributed by atoms with Crippen LogP contribution in [0.25, 0.3) is 0 Å². The van der Waals surface area contributed by atoms with Crippen molar-refractivity contribution in [1.29, 1.82) is 0 Å². The van der Waals surface area contributed by atoms with Gasteiger partial charge in [-0.2, -0.15) is 0 Å². The lowest BCUT2D eigenvalue weighted by Crippen LogP contribution is -2.44. The average molecular weight is 262 g/mol. The van der Waals surface area contributed by atoms with Crippen LogP contribution in [0.5, 0.6) is 5.75 Å². The van der Waals surface area contributed by atoms with Gasteiger partial charge in [0, 0.05) is 25.2 Å². The van der Waals surface area contributed by atoms with Crippen molar-refractivity contribution in [3.05, 3.63) is 29.8 Å². The lowest BCUT2D eigenvalue weighted by atomic mass is 9.94. The molecule has 0 aromatic heterocycles. The van der Waals surface area contributed by atoms with E-state index in [4.69, 9.17) is 10.5 Å². The molecule has 3 unspecified atom stereocenters. The van der Waals surface area contributed by atoms with E-state index < -0.39 is 0 Å². The van der Waals surface area contributed by atoms with Crippen molar-refractivity contribution in [2.24, 2.45) is 11.7 Å². The van der Waals surface area contributed by atoms with Crippen LogP contribution in [-0.4, -0.2) is 31.1 Å². The van der Waals surface area contributed by atoms with E-state index in [-0.39, 0.29) is 6.04 Å². The molecule has 1 aliphatic heterocycles. The Morgan fingerprint density at radius 3 is 2.89 bits per heavy atom. The molecule has 3 nitrogen and oxygen atoms in total. The second-order valence-electron chi connectivity index (χ2n) is 5.87. The average Bonchev–Trinajstić information content (AvgIpc) is 2.43. The van der Waals surface area contributed by atoms with E-state index in [0.717, 1.165) is 23.8 Å². The highest BCUT2D eigenvalue weighted by Gasteiger charge is 2.24. The third-order valence-electron chi connectivity index (χ3n) is 4.20. The molecule has 1 fully saturated rings. The second-order valence-corrected chi connectivity index (χ2v) is 5.87. The number of benzene rings is 1. The van der Waals surface area contributed by atoms with Crippen molar-refractivity contribution >= 4 is 0 Å². The lowest BCUT2D eigenvalue weighted by Gasteiger charge is -2.38. The first-order valence-corrected chi connectivity index (χ1v) is 7.23. The topological polar surface area (TPSA) is 38.5 Å². The van der Waals surface area contributed by atoms with Gasteiger partial charge in [0.25, 0.3) is 0 Å². The molecule has 0 aliphatic carbocycles. The summed E-state index contributed by atoms with van der Waals surface area (Å²) in [5.41, 5.74) is 7.52. The largest absolute Gasteiger partial charge is 0.497 e. The Hall–Kier alpha value is -1.06. The van der Waals surface area contributed by atoms with Crippen LogP contribution in [-0.2, 0) is 0 Å². The molecule has 0 bridgehead atoms. The maximum atomic E-state index is 6.36. The number of likely N-dealkylation sites (tertiary alicyclic amines) is 1. The highest BCUT2D eigenvalue weighted by atomic mass is 16.5. The number of hydrogen-bond acceptors (Lipinski definition) is 3. The summed E-state index contributed by atoms with van der Waals surface area (Å²) < 4.78 is 5.26. The minimum Gasteiger partial charge on any atom is -0.497 e. The number of ether oxygens (including phenoxy) is 1. The molecule has 3 atom stereocenters. The van der Waals surface area contributed by atoms with Crippen LogP contribution in [0, 0.1) is 5.92 Å². The van der Waals surface area contributed by atoms with Gasteiger partial charge >= 0.3 is 0 Å². The second kappa shape index (κ2) is 6.40. The highest BCUT2D eigenvalue weighted by molar-refractivity contribution is 5.30. The maximum Gasteiger partial charge on any atom is 0.119 e. The van der Waals surface area contributed by atoms with E-state index in [2.05, 4.69) is 24.8 Å². The van der Waals surface area contributed by atoms with Crippen LogP contribution in [0.4, 0.5) is 0 Å². The van der Waals surface area contributed by atoms with Crippen LogP contribution >= 0.6 is 0 Å². The Bertz CT molecular complexity index is 407. The molecule has 2 N–H and O–H groups in total. The van der Waals surface area contributed by atoms with Crippen molar-refractivity contribution in [2.75, 3.05) is 20.2 Å². The first-order chi connectivity index (χ1) is 9.10. The predicted octanol–water partition coefficient (Wildman–Crippen LogP) is 2.82. The van der Waals surface area contributed by atoms with Gasteiger partial charge < -0.3 is 10.5 Å². The zero-order valence-electron chi connectivity index (χ0n) is 12.3. The van der Waals surface area contributed by atoms with E-state index in [1.54, 1.807) is 7.11 Å². The zero-order chi connectivity index (χ0) is 13.8. The molecule has 3 heteroatoms. The molecule has 1 aromatic rings. The van der Waals surface area contributed by atoms with Gasteiger partial charge in [0.15, 0.2) is 0 Å². The third-order valence-corrected chi connectivity index (χ3v) is 4.20. The van der Waals surface area contributed by atoms with Crippen molar-refractivity contribution in [1.82, 2.24) is 4.90 Å². The SMILES string of the molecule is COc1cccc(C(N)CN2CC(C)CCC2C)c1. The molecule has 0 spiro atoms. The normalized spacial score (nSPS) is 26.1. The Morgan fingerprint density at radius 1 is 1.37 bits per heavy atom. The molecule has 0 saturated carbocycles. The maximum absolute atomic E-state index is 6.36. The van der Waals surface area contributed by atoms with E-state index in [9.17, 15) is 0 Å². The number of methoxy groups -OCH3 is 1. The van der Waals surface area contributed by atoms with E-state index in [1.165, 1.54) is 19.4 Å². The fourth-order valence-electron chi connectivity index (χ4n) is 2.86. The standard InChI is InChI=1S/C16H26N2O/c1-12-7-8-13(2)18(10-12)11-16(17)14-5-4-6-15(9-14)19-3/h4-6,9,12-13,16H,7-8,10-11,17H2,1-3H3. The molecule has 106 valence electrons. The van der Waals surface area contributed by atoms with Crippen molar-refractivity contribution in [3.8, 4) is 5.75 Å². The van der Waals surface area contributed by atoms with Gasteiger partial charge in [-0.1, -0.05) is 19.1 Å². The van der Waals surface area contributed by atoms with Gasteiger partial charge in [0.2, 0.25) is 0 Å². The van der Waals surface area contributed by atoms with E-state index >= 15 is 0 Å². The lowest BCUT2D eigenvalue weighted by molar-refractivity contribution is 0.117. The summed E-state index contributed by atoms with van der Waals surface area (Å²) in [5.74, 6) is 1.67. The van der Waals surface area contributed by atoms with Gasteiger partial charge in [-0.05, 0) is 43.4 Å². The van der Waals surface area contributed by atoms with Crippen molar-refractivity contribution in [2.45, 2.75) is 38.8 Å². The molecule has 1 heterocycles. The Kier molecular flexibility index (Phi) is 4.83. The first kappa shape index (κ1) is 14.4. The summed E-state index contributed by atoms with van der Waals surface area (Å²) in [6, 6.07) is 8.81. The molecule has 0 amide bonds. The van der Waals surface area contributed by atoms with Crippen LogP contribution in [0.1, 0.15) is 38.3 Å². The first-order valence-electron chi connectivity index (χ1n) is 7.23. The van der Waals surface area contributed by atoms with Crippen LogP contribution in [0.3, 0.4) is 0 Å². The third kappa shape index (κ3) is 3.71. The number of piperidine rings is 1.